The number of hydrogen-bond donors (Lipinski definition) is 1. The molecular weight excluding hydrogens is 471 g/mol. The maximum absolute atomic E-state index is 13.5. The first kappa shape index (κ1) is 23.9. The quantitative estimate of drug-likeness (QED) is 0.654. The second kappa shape index (κ2) is 8.30. The Morgan fingerprint density at radius 1 is 1.00 bits per heavy atom. The highest BCUT2D eigenvalue weighted by molar-refractivity contribution is 7.92. The number of sulfone groups is 1. The van der Waals surface area contributed by atoms with E-state index in [0.29, 0.717) is 24.5 Å². The molecule has 0 bridgehead atoms. The van der Waals surface area contributed by atoms with E-state index in [1.54, 1.807) is 0 Å². The number of aromatic nitrogens is 2. The lowest BCUT2D eigenvalue weighted by Gasteiger charge is -2.35. The van der Waals surface area contributed by atoms with Gasteiger partial charge in [0.2, 0.25) is 5.82 Å². The number of carbonyl (C=O) groups is 1. The first-order chi connectivity index (χ1) is 14.7. The van der Waals surface area contributed by atoms with Crippen LogP contribution < -0.4 is 5.32 Å². The molecule has 1 heterocycles. The van der Waals surface area contributed by atoms with Gasteiger partial charge < -0.3 is 5.32 Å². The Labute approximate surface area is 176 Å². The molecule has 0 aliphatic heterocycles. The molecule has 0 spiro atoms. The van der Waals surface area contributed by atoms with E-state index in [0.717, 1.165) is 0 Å². The van der Waals surface area contributed by atoms with Gasteiger partial charge >= 0.3 is 12.4 Å². The summed E-state index contributed by atoms with van der Waals surface area (Å²) in [6, 6.07) is 1.09. The normalized spacial score (nSPS) is 19.3. The minimum atomic E-state index is -4.92. The highest BCUT2D eigenvalue weighted by Gasteiger charge is 2.41. The maximum atomic E-state index is 13.5. The molecular formula is C18H14F7N3O3S. The summed E-state index contributed by atoms with van der Waals surface area (Å²) in [5.74, 6) is -3.86. The lowest BCUT2D eigenvalue weighted by atomic mass is 9.85. The molecule has 1 amide bonds. The zero-order valence-electron chi connectivity index (χ0n) is 15.8. The number of hydrogen-bond acceptors (Lipinski definition) is 5. The van der Waals surface area contributed by atoms with E-state index in [9.17, 15) is 43.9 Å². The SMILES string of the molecule is O=C(NCC1CC(S(=O)(=O)c2cc(F)cc(C(F)(F)F)c2)C1)c1cnc(C(F)(F)F)nc1. The van der Waals surface area contributed by atoms with Gasteiger partial charge in [-0.15, -0.1) is 0 Å². The average Bonchev–Trinajstić information content (AvgIpc) is 2.64. The molecule has 174 valence electrons. The van der Waals surface area contributed by atoms with Crippen LogP contribution in [0, 0.1) is 11.7 Å². The molecule has 1 fully saturated rings. The van der Waals surface area contributed by atoms with Crippen molar-refractivity contribution in [2.24, 2.45) is 5.92 Å². The molecule has 1 aliphatic carbocycles. The van der Waals surface area contributed by atoms with Crippen molar-refractivity contribution in [3.63, 3.8) is 0 Å². The lowest BCUT2D eigenvalue weighted by Crippen LogP contribution is -2.42. The van der Waals surface area contributed by atoms with E-state index in [1.165, 1.54) is 0 Å². The minimum Gasteiger partial charge on any atom is -0.352 e. The third-order valence-electron chi connectivity index (χ3n) is 4.88. The average molecular weight is 485 g/mol. The van der Waals surface area contributed by atoms with Gasteiger partial charge in [0, 0.05) is 18.9 Å². The molecule has 1 saturated carbocycles. The topological polar surface area (TPSA) is 89.0 Å². The summed E-state index contributed by atoms with van der Waals surface area (Å²) in [5.41, 5.74) is -1.65. The Bertz CT molecular complexity index is 1110. The summed E-state index contributed by atoms with van der Waals surface area (Å²) in [5, 5.41) is 1.35. The fourth-order valence-corrected chi connectivity index (χ4v) is 5.11. The van der Waals surface area contributed by atoms with Crippen molar-refractivity contribution in [2.75, 3.05) is 6.54 Å². The van der Waals surface area contributed by atoms with Gasteiger partial charge in [-0.3, -0.25) is 4.79 Å². The molecule has 14 heteroatoms. The molecule has 32 heavy (non-hydrogen) atoms. The number of nitrogens with one attached hydrogen (secondary N) is 1. The van der Waals surface area contributed by atoms with Gasteiger partial charge in [0.05, 0.1) is 21.3 Å². The summed E-state index contributed by atoms with van der Waals surface area (Å²) in [6.07, 6.45) is -8.28. The van der Waals surface area contributed by atoms with Gasteiger partial charge in [0.15, 0.2) is 9.84 Å². The molecule has 0 radical (unpaired) electrons. The van der Waals surface area contributed by atoms with Gasteiger partial charge in [-0.05, 0) is 37.0 Å². The van der Waals surface area contributed by atoms with Crippen LogP contribution in [0.4, 0.5) is 30.7 Å². The van der Waals surface area contributed by atoms with Crippen LogP contribution in [0.25, 0.3) is 0 Å². The molecule has 0 saturated heterocycles. The Kier molecular flexibility index (Phi) is 6.19. The molecule has 3 rings (SSSR count). The summed E-state index contributed by atoms with van der Waals surface area (Å²) in [4.78, 5) is 17.3. The van der Waals surface area contributed by atoms with Crippen molar-refractivity contribution >= 4 is 15.7 Å². The number of carbonyl (C=O) groups excluding carboxylic acids is 1. The molecule has 2 aromatic rings. The predicted octanol–water partition coefficient (Wildman–Crippen LogP) is 3.64. The van der Waals surface area contributed by atoms with Crippen LogP contribution >= 0.6 is 0 Å². The number of alkyl halides is 6. The van der Waals surface area contributed by atoms with Crippen LogP contribution in [-0.2, 0) is 22.2 Å². The van der Waals surface area contributed by atoms with E-state index < -0.39 is 55.4 Å². The summed E-state index contributed by atoms with van der Waals surface area (Å²) >= 11 is 0. The van der Waals surface area contributed by atoms with E-state index in [-0.39, 0.29) is 36.9 Å². The summed E-state index contributed by atoms with van der Waals surface area (Å²) < 4.78 is 114. The third-order valence-corrected chi connectivity index (χ3v) is 7.03. The smallest absolute Gasteiger partial charge is 0.352 e. The predicted molar refractivity (Wildman–Crippen MR) is 94.5 cm³/mol. The van der Waals surface area contributed by atoms with Crippen molar-refractivity contribution in [1.82, 2.24) is 15.3 Å². The van der Waals surface area contributed by atoms with E-state index >= 15 is 0 Å². The maximum Gasteiger partial charge on any atom is 0.451 e. The molecule has 1 N–H and O–H groups in total. The van der Waals surface area contributed by atoms with Crippen LogP contribution in [0.15, 0.2) is 35.5 Å². The van der Waals surface area contributed by atoms with Gasteiger partial charge in [-0.1, -0.05) is 0 Å². The van der Waals surface area contributed by atoms with Crippen molar-refractivity contribution in [3.05, 3.63) is 53.4 Å². The van der Waals surface area contributed by atoms with Crippen molar-refractivity contribution < 1.29 is 43.9 Å². The molecule has 1 aromatic carbocycles. The van der Waals surface area contributed by atoms with Crippen molar-refractivity contribution in [1.29, 1.82) is 0 Å². The monoisotopic (exact) mass is 485 g/mol. The van der Waals surface area contributed by atoms with E-state index in [4.69, 9.17) is 0 Å². The van der Waals surface area contributed by atoms with Crippen LogP contribution in [-0.4, -0.2) is 36.1 Å². The number of amides is 1. The van der Waals surface area contributed by atoms with Crippen LogP contribution in [0.3, 0.4) is 0 Å². The number of halogens is 7. The Morgan fingerprint density at radius 2 is 1.59 bits per heavy atom. The fraction of sp³-hybridized carbons (Fsp3) is 0.389. The molecule has 0 atom stereocenters. The molecule has 1 aliphatic rings. The largest absolute Gasteiger partial charge is 0.451 e. The minimum absolute atomic E-state index is 0.00396. The van der Waals surface area contributed by atoms with Crippen LogP contribution in [0.2, 0.25) is 0 Å². The molecule has 0 unspecified atom stereocenters. The van der Waals surface area contributed by atoms with E-state index in [2.05, 4.69) is 15.3 Å². The molecule has 6 nitrogen and oxygen atoms in total. The Morgan fingerprint density at radius 3 is 2.12 bits per heavy atom. The van der Waals surface area contributed by atoms with Crippen LogP contribution in [0.5, 0.6) is 0 Å². The Balaban J connectivity index is 1.58. The van der Waals surface area contributed by atoms with Gasteiger partial charge in [0.25, 0.3) is 5.91 Å². The standard InChI is InChI=1S/C18H14F7N3O3S/c19-12-3-11(17(20,21)22)4-14(5-12)32(30,31)13-1-9(2-13)6-26-15(29)10-7-27-16(28-8-10)18(23,24)25/h3-5,7-9,13H,1-2,6H2,(H,26,29). The second-order valence-electron chi connectivity index (χ2n) is 7.18. The fourth-order valence-electron chi connectivity index (χ4n) is 3.11. The third kappa shape index (κ3) is 5.16. The number of nitrogens with zero attached hydrogens (tertiary/aromatic N) is 2. The second-order valence-corrected chi connectivity index (χ2v) is 9.41. The van der Waals surface area contributed by atoms with Gasteiger partial charge in [-0.25, -0.2) is 22.8 Å². The number of benzene rings is 1. The van der Waals surface area contributed by atoms with E-state index in [1.807, 2.05) is 0 Å². The first-order valence-corrected chi connectivity index (χ1v) is 10.5. The summed E-state index contributed by atoms with van der Waals surface area (Å²) in [6.45, 7) is -0.0250. The molecule has 1 aromatic heterocycles. The van der Waals surface area contributed by atoms with Gasteiger partial charge in [0.1, 0.15) is 5.82 Å². The first-order valence-electron chi connectivity index (χ1n) is 8.97. The number of rotatable bonds is 5. The van der Waals surface area contributed by atoms with Crippen molar-refractivity contribution in [2.45, 2.75) is 35.3 Å². The summed E-state index contributed by atoms with van der Waals surface area (Å²) in [7, 11) is -4.23. The zero-order chi connectivity index (χ0) is 23.9. The van der Waals surface area contributed by atoms with Crippen molar-refractivity contribution in [3.8, 4) is 0 Å². The van der Waals surface area contributed by atoms with Gasteiger partial charge in [-0.2, -0.15) is 26.3 Å². The Hall–Kier alpha value is -2.77. The lowest BCUT2D eigenvalue weighted by molar-refractivity contribution is -0.145. The highest BCUT2D eigenvalue weighted by Crippen LogP contribution is 2.38. The zero-order valence-corrected chi connectivity index (χ0v) is 16.7. The highest BCUT2D eigenvalue weighted by atomic mass is 32.2. The van der Waals surface area contributed by atoms with Crippen LogP contribution in [0.1, 0.15) is 34.6 Å².